The lowest BCUT2D eigenvalue weighted by molar-refractivity contribution is 0.312. The highest BCUT2D eigenvalue weighted by Crippen LogP contribution is 2.19. The van der Waals surface area contributed by atoms with Crippen LogP contribution in [0.1, 0.15) is 18.4 Å². The van der Waals surface area contributed by atoms with Crippen molar-refractivity contribution >= 4 is 11.9 Å². The number of unbranched alkanes of at least 4 members (excludes halogenated alkanes) is 1. The van der Waals surface area contributed by atoms with Gasteiger partial charge < -0.3 is 9.84 Å². The third kappa shape index (κ3) is 4.80. The fourth-order valence-electron chi connectivity index (χ4n) is 1.79. The second-order valence-corrected chi connectivity index (χ2v) is 4.59. The Labute approximate surface area is 125 Å². The van der Waals surface area contributed by atoms with E-state index in [2.05, 4.69) is 11.6 Å². The van der Waals surface area contributed by atoms with Crippen LogP contribution >= 0.6 is 0 Å². The Morgan fingerprint density at radius 3 is 2.57 bits per heavy atom. The molecule has 0 radical (unpaired) electrons. The Balaban J connectivity index is 1.93. The number of phenols is 1. The summed E-state index contributed by atoms with van der Waals surface area (Å²) in [5.74, 6) is 1.06. The molecule has 0 heterocycles. The maximum Gasteiger partial charge on any atom is 0.124 e. The molecular formula is C18H19NO2. The molecule has 3 nitrogen and oxygen atoms in total. The van der Waals surface area contributed by atoms with Gasteiger partial charge in [-0.1, -0.05) is 18.2 Å². The van der Waals surface area contributed by atoms with Crippen LogP contribution in [-0.4, -0.2) is 17.9 Å². The summed E-state index contributed by atoms with van der Waals surface area (Å²) in [5, 5.41) is 9.66. The summed E-state index contributed by atoms with van der Waals surface area (Å²) >= 11 is 0. The average Bonchev–Trinajstić information content (AvgIpc) is 2.52. The quantitative estimate of drug-likeness (QED) is 0.461. The molecule has 0 spiro atoms. The van der Waals surface area contributed by atoms with E-state index >= 15 is 0 Å². The van der Waals surface area contributed by atoms with E-state index in [1.807, 2.05) is 42.5 Å². The van der Waals surface area contributed by atoms with Crippen molar-refractivity contribution in [3.63, 3.8) is 0 Å². The van der Waals surface area contributed by atoms with Crippen molar-refractivity contribution in [3.8, 4) is 11.5 Å². The van der Waals surface area contributed by atoms with Gasteiger partial charge in [0.15, 0.2) is 0 Å². The molecule has 0 saturated carbocycles. The second kappa shape index (κ2) is 7.90. The van der Waals surface area contributed by atoms with Crippen LogP contribution in [0.15, 0.2) is 66.2 Å². The number of hydrogen-bond acceptors (Lipinski definition) is 3. The van der Waals surface area contributed by atoms with Crippen molar-refractivity contribution in [2.24, 2.45) is 4.99 Å². The van der Waals surface area contributed by atoms with Crippen molar-refractivity contribution in [1.82, 2.24) is 0 Å². The molecule has 21 heavy (non-hydrogen) atoms. The van der Waals surface area contributed by atoms with Gasteiger partial charge >= 0.3 is 0 Å². The lowest BCUT2D eigenvalue weighted by Gasteiger charge is -2.05. The second-order valence-electron chi connectivity index (χ2n) is 4.59. The average molecular weight is 281 g/mol. The first kappa shape index (κ1) is 14.9. The van der Waals surface area contributed by atoms with Crippen molar-refractivity contribution in [1.29, 1.82) is 0 Å². The summed E-state index contributed by atoms with van der Waals surface area (Å²) in [4.78, 5) is 4.33. The third-order valence-electron chi connectivity index (χ3n) is 2.95. The number of phenolic OH excluding ortho intramolecular Hbond substituents is 1. The van der Waals surface area contributed by atoms with Crippen LogP contribution in [0.25, 0.3) is 0 Å². The third-order valence-corrected chi connectivity index (χ3v) is 2.95. The molecule has 0 aromatic heterocycles. The first-order valence-electron chi connectivity index (χ1n) is 6.95. The zero-order chi connectivity index (χ0) is 14.9. The van der Waals surface area contributed by atoms with Gasteiger partial charge in [0.1, 0.15) is 11.5 Å². The Bertz CT molecular complexity index is 603. The minimum absolute atomic E-state index is 0.225. The Kier molecular flexibility index (Phi) is 5.59. The number of benzene rings is 2. The molecule has 2 aromatic carbocycles. The molecule has 0 aliphatic rings. The Morgan fingerprint density at radius 1 is 1.10 bits per heavy atom. The van der Waals surface area contributed by atoms with E-state index in [4.69, 9.17) is 4.74 Å². The van der Waals surface area contributed by atoms with E-state index in [9.17, 15) is 5.11 Å². The molecule has 0 atom stereocenters. The summed E-state index contributed by atoms with van der Waals surface area (Å²) in [6, 6.07) is 14.7. The number of para-hydroxylation sites is 1. The molecule has 0 aliphatic heterocycles. The Hall–Kier alpha value is -2.55. The summed E-state index contributed by atoms with van der Waals surface area (Å²) in [6.07, 6.45) is 5.47. The predicted octanol–water partition coefficient (Wildman–Crippen LogP) is 4.49. The van der Waals surface area contributed by atoms with Crippen molar-refractivity contribution < 1.29 is 9.84 Å². The van der Waals surface area contributed by atoms with Crippen molar-refractivity contribution in [2.75, 3.05) is 6.61 Å². The Morgan fingerprint density at radius 2 is 1.86 bits per heavy atom. The van der Waals surface area contributed by atoms with E-state index in [1.165, 1.54) is 0 Å². The van der Waals surface area contributed by atoms with Gasteiger partial charge in [-0.15, -0.1) is 6.58 Å². The molecular weight excluding hydrogens is 262 g/mol. The van der Waals surface area contributed by atoms with E-state index in [-0.39, 0.29) is 5.75 Å². The number of rotatable bonds is 7. The summed E-state index contributed by atoms with van der Waals surface area (Å²) < 4.78 is 5.61. The molecule has 0 bridgehead atoms. The predicted molar refractivity (Wildman–Crippen MR) is 86.7 cm³/mol. The normalized spacial score (nSPS) is 10.7. The fourth-order valence-corrected chi connectivity index (χ4v) is 1.79. The van der Waals surface area contributed by atoms with Gasteiger partial charge in [0.05, 0.1) is 12.3 Å². The van der Waals surface area contributed by atoms with Crippen LogP contribution in [0, 0.1) is 0 Å². The fraction of sp³-hybridized carbons (Fsp3) is 0.167. The number of hydrogen-bond donors (Lipinski definition) is 1. The topological polar surface area (TPSA) is 41.8 Å². The molecule has 0 fully saturated rings. The van der Waals surface area contributed by atoms with Crippen LogP contribution in [0.5, 0.6) is 11.5 Å². The molecule has 3 heteroatoms. The molecule has 2 aromatic rings. The highest BCUT2D eigenvalue weighted by molar-refractivity contribution is 5.85. The monoisotopic (exact) mass is 281 g/mol. The number of allylic oxidation sites excluding steroid dienone is 1. The van der Waals surface area contributed by atoms with Gasteiger partial charge in [0.25, 0.3) is 0 Å². The molecule has 2 rings (SSSR count). The van der Waals surface area contributed by atoms with Gasteiger partial charge in [0, 0.05) is 11.8 Å². The molecule has 0 unspecified atom stereocenters. The molecule has 1 N–H and O–H groups in total. The first-order chi connectivity index (χ1) is 10.3. The zero-order valence-electron chi connectivity index (χ0n) is 11.9. The summed E-state index contributed by atoms with van der Waals surface area (Å²) in [7, 11) is 0. The van der Waals surface area contributed by atoms with Crippen LogP contribution in [0.4, 0.5) is 5.69 Å². The van der Waals surface area contributed by atoms with E-state index in [0.717, 1.165) is 24.3 Å². The minimum atomic E-state index is 0.225. The molecule has 108 valence electrons. The minimum Gasteiger partial charge on any atom is -0.507 e. The van der Waals surface area contributed by atoms with Gasteiger partial charge in [-0.3, -0.25) is 4.99 Å². The van der Waals surface area contributed by atoms with Gasteiger partial charge in [-0.25, -0.2) is 0 Å². The van der Waals surface area contributed by atoms with Gasteiger partial charge in [-0.2, -0.15) is 0 Å². The lowest BCUT2D eigenvalue weighted by Crippen LogP contribution is -1.95. The van der Waals surface area contributed by atoms with Crippen LogP contribution in [0.3, 0.4) is 0 Å². The zero-order valence-corrected chi connectivity index (χ0v) is 11.9. The first-order valence-corrected chi connectivity index (χ1v) is 6.95. The maximum absolute atomic E-state index is 9.66. The number of aromatic hydroxyl groups is 1. The largest absolute Gasteiger partial charge is 0.507 e. The molecule has 0 amide bonds. The number of nitrogens with zero attached hydrogens (tertiary/aromatic N) is 1. The molecule has 0 saturated heterocycles. The van der Waals surface area contributed by atoms with Crippen LogP contribution in [0.2, 0.25) is 0 Å². The smallest absolute Gasteiger partial charge is 0.124 e. The van der Waals surface area contributed by atoms with E-state index < -0.39 is 0 Å². The summed E-state index contributed by atoms with van der Waals surface area (Å²) in [6.45, 7) is 4.37. The van der Waals surface area contributed by atoms with E-state index in [1.54, 1.807) is 18.3 Å². The van der Waals surface area contributed by atoms with E-state index in [0.29, 0.717) is 12.2 Å². The van der Waals surface area contributed by atoms with Crippen molar-refractivity contribution in [3.05, 3.63) is 66.7 Å². The lowest BCUT2D eigenvalue weighted by atomic mass is 10.2. The van der Waals surface area contributed by atoms with Gasteiger partial charge in [0.2, 0.25) is 0 Å². The molecule has 0 aliphatic carbocycles. The highest BCUT2D eigenvalue weighted by Gasteiger charge is 1.96. The van der Waals surface area contributed by atoms with Crippen LogP contribution in [-0.2, 0) is 0 Å². The van der Waals surface area contributed by atoms with Gasteiger partial charge in [-0.05, 0) is 49.2 Å². The number of ether oxygens (including phenoxy) is 1. The number of aliphatic imine (C=N–C) groups is 1. The van der Waals surface area contributed by atoms with Crippen LogP contribution < -0.4 is 4.74 Å². The SMILES string of the molecule is C=CCCCOc1ccc(N=Cc2ccccc2O)cc1. The van der Waals surface area contributed by atoms with Crippen molar-refractivity contribution in [2.45, 2.75) is 12.8 Å². The maximum atomic E-state index is 9.66. The highest BCUT2D eigenvalue weighted by atomic mass is 16.5. The summed E-state index contributed by atoms with van der Waals surface area (Å²) in [5.41, 5.74) is 1.51. The standard InChI is InChI=1S/C18H19NO2/c1-2-3-6-13-21-17-11-9-16(10-12-17)19-14-15-7-4-5-8-18(15)20/h2,4-5,7-12,14,20H,1,3,6,13H2.